The van der Waals surface area contributed by atoms with E-state index in [9.17, 15) is 9.59 Å². The number of ether oxygens (including phenoxy) is 1. The maximum Gasteiger partial charge on any atom is 0.410 e. The van der Waals surface area contributed by atoms with Crippen LogP contribution in [0.4, 0.5) is 15.4 Å². The Hall–Kier alpha value is -2.25. The van der Waals surface area contributed by atoms with Crippen molar-refractivity contribution in [2.24, 2.45) is 0 Å². The summed E-state index contributed by atoms with van der Waals surface area (Å²) < 4.78 is 10.3. The van der Waals surface area contributed by atoms with E-state index in [1.54, 1.807) is 17.9 Å². The largest absolute Gasteiger partial charge is 0.444 e. The van der Waals surface area contributed by atoms with Gasteiger partial charge in [-0.1, -0.05) is 5.16 Å². The van der Waals surface area contributed by atoms with Crippen LogP contribution >= 0.6 is 0 Å². The molecule has 0 spiro atoms. The monoisotopic (exact) mass is 324 g/mol. The Morgan fingerprint density at radius 1 is 1.48 bits per heavy atom. The van der Waals surface area contributed by atoms with Gasteiger partial charge in [0.05, 0.1) is 6.04 Å². The Labute approximate surface area is 135 Å². The SMILES string of the molecule is Cc1cc(NC(=O)NC[C@@H]2CCCN2C(=O)OC(C)(C)C)no1. The molecule has 1 aliphatic rings. The normalized spacial score (nSPS) is 17.9. The Morgan fingerprint density at radius 3 is 2.83 bits per heavy atom. The van der Waals surface area contributed by atoms with Gasteiger partial charge in [-0.15, -0.1) is 0 Å². The smallest absolute Gasteiger partial charge is 0.410 e. The Bertz CT molecular complexity index is 564. The highest BCUT2D eigenvalue weighted by molar-refractivity contribution is 5.88. The fraction of sp³-hybridized carbons (Fsp3) is 0.667. The number of rotatable bonds is 3. The molecule has 0 saturated carbocycles. The first-order valence-corrected chi connectivity index (χ1v) is 7.72. The number of likely N-dealkylation sites (tertiary alicyclic amines) is 1. The summed E-state index contributed by atoms with van der Waals surface area (Å²) in [5, 5.41) is 9.02. The summed E-state index contributed by atoms with van der Waals surface area (Å²) >= 11 is 0. The Kier molecular flexibility index (Phi) is 5.12. The lowest BCUT2D eigenvalue weighted by molar-refractivity contribution is 0.0228. The van der Waals surface area contributed by atoms with Crippen molar-refractivity contribution in [3.8, 4) is 0 Å². The summed E-state index contributed by atoms with van der Waals surface area (Å²) in [6, 6.07) is 1.19. The molecule has 128 valence electrons. The number of amides is 3. The number of nitrogens with zero attached hydrogens (tertiary/aromatic N) is 2. The predicted octanol–water partition coefficient (Wildman–Crippen LogP) is 2.50. The van der Waals surface area contributed by atoms with Crippen LogP contribution < -0.4 is 10.6 Å². The van der Waals surface area contributed by atoms with Gasteiger partial charge in [0, 0.05) is 19.2 Å². The molecule has 1 aromatic rings. The Morgan fingerprint density at radius 2 is 2.22 bits per heavy atom. The van der Waals surface area contributed by atoms with Crippen molar-refractivity contribution in [3.05, 3.63) is 11.8 Å². The number of carbonyl (C=O) groups excluding carboxylic acids is 2. The minimum atomic E-state index is -0.528. The van der Waals surface area contributed by atoms with Crippen LogP contribution in [0.15, 0.2) is 10.6 Å². The average Bonchev–Trinajstić information content (AvgIpc) is 3.03. The summed E-state index contributed by atoms with van der Waals surface area (Å²) in [4.78, 5) is 25.7. The number of hydrogen-bond donors (Lipinski definition) is 2. The molecule has 2 N–H and O–H groups in total. The highest BCUT2D eigenvalue weighted by Gasteiger charge is 2.32. The lowest BCUT2D eigenvalue weighted by Crippen LogP contribution is -2.45. The zero-order valence-electron chi connectivity index (χ0n) is 14.0. The maximum absolute atomic E-state index is 12.2. The van der Waals surface area contributed by atoms with Crippen molar-refractivity contribution in [2.45, 2.75) is 52.2 Å². The first-order valence-electron chi connectivity index (χ1n) is 7.72. The lowest BCUT2D eigenvalue weighted by atomic mass is 10.2. The fourth-order valence-corrected chi connectivity index (χ4v) is 2.41. The van der Waals surface area contributed by atoms with E-state index in [1.165, 1.54) is 0 Å². The molecule has 3 amide bonds. The van der Waals surface area contributed by atoms with E-state index in [2.05, 4.69) is 15.8 Å². The van der Waals surface area contributed by atoms with Crippen LogP contribution in [0.3, 0.4) is 0 Å². The Balaban J connectivity index is 1.81. The van der Waals surface area contributed by atoms with Gasteiger partial charge in [-0.25, -0.2) is 9.59 Å². The van der Waals surface area contributed by atoms with E-state index in [0.29, 0.717) is 24.7 Å². The molecule has 1 aromatic heterocycles. The third kappa shape index (κ3) is 5.15. The van der Waals surface area contributed by atoms with Crippen molar-refractivity contribution in [1.29, 1.82) is 0 Å². The van der Waals surface area contributed by atoms with E-state index in [4.69, 9.17) is 9.26 Å². The minimum Gasteiger partial charge on any atom is -0.444 e. The number of anilines is 1. The summed E-state index contributed by atoms with van der Waals surface area (Å²) in [6.07, 6.45) is 1.40. The average molecular weight is 324 g/mol. The van der Waals surface area contributed by atoms with Crippen LogP contribution in [0.25, 0.3) is 0 Å². The van der Waals surface area contributed by atoms with Gasteiger partial charge in [-0.05, 0) is 40.5 Å². The van der Waals surface area contributed by atoms with Crippen LogP contribution in [0, 0.1) is 6.92 Å². The molecule has 23 heavy (non-hydrogen) atoms. The zero-order valence-corrected chi connectivity index (χ0v) is 14.0. The summed E-state index contributed by atoms with van der Waals surface area (Å²) in [5.74, 6) is 0.975. The van der Waals surface area contributed by atoms with Crippen LogP contribution in [-0.4, -0.2) is 46.9 Å². The number of nitrogens with one attached hydrogen (secondary N) is 2. The molecule has 0 aliphatic carbocycles. The van der Waals surface area contributed by atoms with Gasteiger partial charge in [0.2, 0.25) is 0 Å². The van der Waals surface area contributed by atoms with Gasteiger partial charge < -0.3 is 19.5 Å². The zero-order chi connectivity index (χ0) is 17.0. The van der Waals surface area contributed by atoms with Crippen LogP contribution in [0.1, 0.15) is 39.4 Å². The summed E-state index contributed by atoms with van der Waals surface area (Å²) in [6.45, 7) is 8.26. The highest BCUT2D eigenvalue weighted by atomic mass is 16.6. The lowest BCUT2D eigenvalue weighted by Gasteiger charge is -2.28. The number of hydrogen-bond acceptors (Lipinski definition) is 5. The van der Waals surface area contributed by atoms with Gasteiger partial charge >= 0.3 is 12.1 Å². The molecule has 0 aromatic carbocycles. The summed E-state index contributed by atoms with van der Waals surface area (Å²) in [7, 11) is 0. The van der Waals surface area contributed by atoms with Gasteiger partial charge in [-0.2, -0.15) is 0 Å². The molecule has 2 rings (SSSR count). The predicted molar refractivity (Wildman–Crippen MR) is 84.2 cm³/mol. The molecule has 8 heteroatoms. The number of urea groups is 1. The number of carbonyl (C=O) groups is 2. The molecular formula is C15H24N4O4. The quantitative estimate of drug-likeness (QED) is 0.890. The van der Waals surface area contributed by atoms with E-state index in [0.717, 1.165) is 12.8 Å². The van der Waals surface area contributed by atoms with E-state index in [1.807, 2.05) is 20.8 Å². The maximum atomic E-state index is 12.2. The first kappa shape index (κ1) is 17.1. The standard InChI is InChI=1S/C15H24N4O4/c1-10-8-12(18-23-10)17-13(20)16-9-11-6-5-7-19(11)14(21)22-15(2,3)4/h8,11H,5-7,9H2,1-4H3,(H2,16,17,18,20)/t11-/m0/s1. The van der Waals surface area contributed by atoms with Gasteiger partial charge in [-0.3, -0.25) is 5.32 Å². The molecular weight excluding hydrogens is 300 g/mol. The van der Waals surface area contributed by atoms with Crippen LogP contribution in [0.2, 0.25) is 0 Å². The van der Waals surface area contributed by atoms with Crippen LogP contribution in [0.5, 0.6) is 0 Å². The fourth-order valence-electron chi connectivity index (χ4n) is 2.41. The third-order valence-corrected chi connectivity index (χ3v) is 3.37. The minimum absolute atomic E-state index is 0.0605. The molecule has 1 saturated heterocycles. The van der Waals surface area contributed by atoms with E-state index < -0.39 is 5.60 Å². The summed E-state index contributed by atoms with van der Waals surface area (Å²) in [5.41, 5.74) is -0.528. The second-order valence-corrected chi connectivity index (χ2v) is 6.63. The van der Waals surface area contributed by atoms with Gasteiger partial charge in [0.25, 0.3) is 0 Å². The topological polar surface area (TPSA) is 96.7 Å². The van der Waals surface area contributed by atoms with Crippen molar-refractivity contribution in [3.63, 3.8) is 0 Å². The number of aromatic nitrogens is 1. The highest BCUT2D eigenvalue weighted by Crippen LogP contribution is 2.20. The van der Waals surface area contributed by atoms with Crippen molar-refractivity contribution < 1.29 is 18.8 Å². The molecule has 0 unspecified atom stereocenters. The molecule has 1 aliphatic heterocycles. The van der Waals surface area contributed by atoms with E-state index >= 15 is 0 Å². The molecule has 0 radical (unpaired) electrons. The molecule has 2 heterocycles. The molecule has 0 bridgehead atoms. The van der Waals surface area contributed by atoms with Gasteiger partial charge in [0.1, 0.15) is 11.4 Å². The third-order valence-electron chi connectivity index (χ3n) is 3.37. The molecule has 1 atom stereocenters. The number of aryl methyl sites for hydroxylation is 1. The first-order chi connectivity index (χ1) is 10.7. The van der Waals surface area contributed by atoms with Crippen LogP contribution in [-0.2, 0) is 4.74 Å². The van der Waals surface area contributed by atoms with Crippen molar-refractivity contribution in [1.82, 2.24) is 15.4 Å². The molecule has 8 nitrogen and oxygen atoms in total. The van der Waals surface area contributed by atoms with Crippen molar-refractivity contribution in [2.75, 3.05) is 18.4 Å². The van der Waals surface area contributed by atoms with Crippen molar-refractivity contribution >= 4 is 17.9 Å². The second kappa shape index (κ2) is 6.89. The molecule has 1 fully saturated rings. The van der Waals surface area contributed by atoms with Gasteiger partial charge in [0.15, 0.2) is 5.82 Å². The second-order valence-electron chi connectivity index (χ2n) is 6.63. The van der Waals surface area contributed by atoms with E-state index in [-0.39, 0.29) is 18.2 Å².